The number of carboxylic acids is 1. The predicted molar refractivity (Wildman–Crippen MR) is 49.5 cm³/mol. The molecule has 0 fully saturated rings. The summed E-state index contributed by atoms with van der Waals surface area (Å²) in [7, 11) is 0. The minimum Gasteiger partial charge on any atom is -0.480 e. The first-order chi connectivity index (χ1) is 6.57. The van der Waals surface area contributed by atoms with Crippen molar-refractivity contribution in [1.82, 2.24) is 0 Å². The van der Waals surface area contributed by atoms with Crippen LogP contribution < -0.4 is 11.5 Å². The van der Waals surface area contributed by atoms with E-state index in [2.05, 4.69) is 9.98 Å². The fraction of sp³-hybridized carbons (Fsp3) is 0.571. The van der Waals surface area contributed by atoms with Gasteiger partial charge in [-0.25, -0.2) is 9.59 Å². The first kappa shape index (κ1) is 12.1. The molecule has 5 N–H and O–H groups in total. The van der Waals surface area contributed by atoms with Gasteiger partial charge in [0.1, 0.15) is 0 Å². The molecule has 0 aromatic carbocycles. The Labute approximate surface area is 80.5 Å². The molecule has 0 saturated heterocycles. The predicted octanol–water partition coefficient (Wildman–Crippen LogP) is -1.17. The van der Waals surface area contributed by atoms with Crippen LogP contribution in [-0.2, 0) is 9.59 Å². The number of nitrogens with zero attached hydrogens (tertiary/aromatic N) is 2. The Hall–Kier alpha value is -1.88. The zero-order chi connectivity index (χ0) is 11.0. The van der Waals surface area contributed by atoms with Gasteiger partial charge in [0.2, 0.25) is 6.08 Å². The van der Waals surface area contributed by atoms with E-state index in [0.29, 0.717) is 13.0 Å². The van der Waals surface area contributed by atoms with Crippen LogP contribution in [0.25, 0.3) is 0 Å². The van der Waals surface area contributed by atoms with Gasteiger partial charge in [0.15, 0.2) is 12.0 Å². The number of isocyanates is 1. The van der Waals surface area contributed by atoms with Crippen molar-refractivity contribution in [3.8, 4) is 0 Å². The molecule has 0 aliphatic rings. The first-order valence-electron chi connectivity index (χ1n) is 3.93. The third-order valence-corrected chi connectivity index (χ3v) is 1.42. The third kappa shape index (κ3) is 5.73. The fourth-order valence-electron chi connectivity index (χ4n) is 0.800. The molecule has 0 saturated carbocycles. The molecule has 0 aliphatic carbocycles. The highest BCUT2D eigenvalue weighted by Gasteiger charge is 2.14. The Balaban J connectivity index is 3.89. The smallest absolute Gasteiger partial charge is 0.329 e. The summed E-state index contributed by atoms with van der Waals surface area (Å²) in [5.41, 5.74) is 10.1. The second-order valence-electron chi connectivity index (χ2n) is 2.52. The number of hydrogen-bond acceptors (Lipinski definition) is 4. The summed E-state index contributed by atoms with van der Waals surface area (Å²) in [4.78, 5) is 27.1. The van der Waals surface area contributed by atoms with Crippen LogP contribution in [-0.4, -0.2) is 35.7 Å². The number of hydrogen-bond donors (Lipinski definition) is 3. The van der Waals surface area contributed by atoms with Crippen LogP contribution >= 0.6 is 0 Å². The van der Waals surface area contributed by atoms with Gasteiger partial charge in [0.05, 0.1) is 0 Å². The molecular weight excluding hydrogens is 188 g/mol. The van der Waals surface area contributed by atoms with Crippen LogP contribution in [0.15, 0.2) is 9.98 Å². The molecule has 0 heterocycles. The van der Waals surface area contributed by atoms with E-state index in [0.717, 1.165) is 0 Å². The zero-order valence-electron chi connectivity index (χ0n) is 7.51. The van der Waals surface area contributed by atoms with Crippen molar-refractivity contribution in [3.63, 3.8) is 0 Å². The van der Waals surface area contributed by atoms with E-state index in [-0.39, 0.29) is 12.4 Å². The highest BCUT2D eigenvalue weighted by molar-refractivity contribution is 5.75. The minimum atomic E-state index is -1.15. The fourth-order valence-corrected chi connectivity index (χ4v) is 0.800. The number of aliphatic imine (C=N–C) groups is 2. The van der Waals surface area contributed by atoms with E-state index in [1.807, 2.05) is 0 Å². The highest BCUT2D eigenvalue weighted by Crippen LogP contribution is 2.01. The number of carbonyl (C=O) groups is 1. The van der Waals surface area contributed by atoms with Crippen LogP contribution in [0.2, 0.25) is 0 Å². The van der Waals surface area contributed by atoms with Gasteiger partial charge in [-0.1, -0.05) is 0 Å². The van der Waals surface area contributed by atoms with Gasteiger partial charge in [-0.2, -0.15) is 4.99 Å². The van der Waals surface area contributed by atoms with Crippen LogP contribution in [0.5, 0.6) is 0 Å². The first-order valence-corrected chi connectivity index (χ1v) is 3.93. The lowest BCUT2D eigenvalue weighted by molar-refractivity contribution is -0.138. The average molecular weight is 200 g/mol. The highest BCUT2D eigenvalue weighted by atomic mass is 16.4. The van der Waals surface area contributed by atoms with Crippen LogP contribution in [0.4, 0.5) is 0 Å². The zero-order valence-corrected chi connectivity index (χ0v) is 7.51. The van der Waals surface area contributed by atoms with E-state index < -0.39 is 12.0 Å². The second-order valence-corrected chi connectivity index (χ2v) is 2.52. The van der Waals surface area contributed by atoms with Gasteiger partial charge in [-0.3, -0.25) is 4.99 Å². The molecule has 78 valence electrons. The van der Waals surface area contributed by atoms with E-state index >= 15 is 0 Å². The summed E-state index contributed by atoms with van der Waals surface area (Å²) in [6, 6.07) is -1.05. The van der Waals surface area contributed by atoms with Crippen LogP contribution in [0.3, 0.4) is 0 Å². The molecule has 1 unspecified atom stereocenters. The van der Waals surface area contributed by atoms with Crippen molar-refractivity contribution in [2.75, 3.05) is 6.54 Å². The molecule has 0 aromatic heterocycles. The summed E-state index contributed by atoms with van der Waals surface area (Å²) in [6.07, 6.45) is 1.86. The molecule has 0 radical (unpaired) electrons. The van der Waals surface area contributed by atoms with Crippen LogP contribution in [0.1, 0.15) is 12.8 Å². The van der Waals surface area contributed by atoms with E-state index in [1.54, 1.807) is 0 Å². The van der Waals surface area contributed by atoms with Crippen LogP contribution in [0, 0.1) is 0 Å². The molecule has 7 heteroatoms. The number of nitrogens with two attached hydrogens (primary N) is 2. The van der Waals surface area contributed by atoms with Crippen molar-refractivity contribution in [2.45, 2.75) is 18.9 Å². The molecule has 0 amide bonds. The summed E-state index contributed by atoms with van der Waals surface area (Å²) >= 11 is 0. The topological polar surface area (TPSA) is 131 Å². The van der Waals surface area contributed by atoms with Crippen molar-refractivity contribution in [3.05, 3.63) is 0 Å². The Bertz CT molecular complexity index is 264. The van der Waals surface area contributed by atoms with Crippen molar-refractivity contribution >= 4 is 18.0 Å². The largest absolute Gasteiger partial charge is 0.480 e. The molecule has 0 rings (SSSR count). The maximum Gasteiger partial charge on any atom is 0.329 e. The van der Waals surface area contributed by atoms with Gasteiger partial charge in [-0.15, -0.1) is 0 Å². The van der Waals surface area contributed by atoms with Gasteiger partial charge < -0.3 is 16.6 Å². The Kier molecular flexibility index (Phi) is 5.73. The molecule has 1 atom stereocenters. The Morgan fingerprint density at radius 2 is 2.14 bits per heavy atom. The van der Waals surface area contributed by atoms with E-state index in [4.69, 9.17) is 16.6 Å². The molecule has 0 bridgehead atoms. The second kappa shape index (κ2) is 6.62. The quantitative estimate of drug-likeness (QED) is 0.215. The minimum absolute atomic E-state index is 0.0456. The van der Waals surface area contributed by atoms with Crippen molar-refractivity contribution in [1.29, 1.82) is 0 Å². The molecular formula is C7H12N4O3. The van der Waals surface area contributed by atoms with E-state index in [1.165, 1.54) is 6.08 Å². The Morgan fingerprint density at radius 1 is 1.50 bits per heavy atom. The lowest BCUT2D eigenvalue weighted by Crippen LogP contribution is -2.23. The third-order valence-electron chi connectivity index (χ3n) is 1.42. The maximum absolute atomic E-state index is 10.5. The molecule has 7 nitrogen and oxygen atoms in total. The summed E-state index contributed by atoms with van der Waals surface area (Å²) in [6.45, 7) is 0.320. The normalized spacial score (nSPS) is 11.1. The number of guanidine groups is 1. The Morgan fingerprint density at radius 3 is 2.57 bits per heavy atom. The lowest BCUT2D eigenvalue weighted by Gasteiger charge is -2.02. The van der Waals surface area contributed by atoms with Gasteiger partial charge >= 0.3 is 5.97 Å². The molecule has 0 spiro atoms. The summed E-state index contributed by atoms with van der Waals surface area (Å²) in [5.74, 6) is -1.20. The standard InChI is InChI=1S/C7H12N4O3/c8-7(9)10-3-1-2-5(6(13)14)11-4-12/h5H,1-3H2,(H,13,14)(H4,8,9,10). The number of carboxylic acid groups (broad SMARTS) is 1. The lowest BCUT2D eigenvalue weighted by atomic mass is 10.2. The SMILES string of the molecule is NC(N)=NCCCC(N=C=O)C(=O)O. The molecule has 14 heavy (non-hydrogen) atoms. The maximum atomic E-state index is 10.5. The van der Waals surface area contributed by atoms with Gasteiger partial charge in [0.25, 0.3) is 0 Å². The average Bonchev–Trinajstić information content (AvgIpc) is 2.09. The number of rotatable bonds is 6. The summed E-state index contributed by atoms with van der Waals surface area (Å²) < 4.78 is 0. The molecule has 0 aromatic rings. The number of aliphatic carboxylic acids is 1. The van der Waals surface area contributed by atoms with Crippen molar-refractivity contribution in [2.24, 2.45) is 21.5 Å². The monoisotopic (exact) mass is 200 g/mol. The number of carbonyl (C=O) groups excluding carboxylic acids is 1. The molecule has 0 aliphatic heterocycles. The van der Waals surface area contributed by atoms with Gasteiger partial charge in [0, 0.05) is 6.54 Å². The van der Waals surface area contributed by atoms with Gasteiger partial charge in [-0.05, 0) is 12.8 Å². The summed E-state index contributed by atoms with van der Waals surface area (Å²) in [5, 5.41) is 8.56. The van der Waals surface area contributed by atoms with Crippen molar-refractivity contribution < 1.29 is 14.7 Å². The van der Waals surface area contributed by atoms with E-state index in [9.17, 15) is 9.59 Å².